The minimum atomic E-state index is 0.347. The number of hydrogen-bond acceptors (Lipinski definition) is 2. The fourth-order valence-electron chi connectivity index (χ4n) is 1.85. The summed E-state index contributed by atoms with van der Waals surface area (Å²) in [6, 6.07) is 11.4. The molecule has 0 aliphatic carbocycles. The first-order chi connectivity index (χ1) is 6.36. The molecule has 0 amide bonds. The summed E-state index contributed by atoms with van der Waals surface area (Å²) in [7, 11) is 0. The third-order valence-electron chi connectivity index (χ3n) is 2.65. The quantitative estimate of drug-likeness (QED) is 0.679. The lowest BCUT2D eigenvalue weighted by atomic mass is 9.95. The summed E-state index contributed by atoms with van der Waals surface area (Å²) in [5.41, 5.74) is 7.20. The number of nitrogens with two attached hydrogens (primary N) is 1. The SMILES string of the molecule is NC1CCC(c2ccccc2)NC1. The average molecular weight is 176 g/mol. The Morgan fingerprint density at radius 3 is 2.54 bits per heavy atom. The van der Waals surface area contributed by atoms with Gasteiger partial charge < -0.3 is 11.1 Å². The molecular formula is C11H16N2. The van der Waals surface area contributed by atoms with Crippen molar-refractivity contribution in [2.75, 3.05) is 6.54 Å². The minimum absolute atomic E-state index is 0.347. The van der Waals surface area contributed by atoms with Crippen LogP contribution in [-0.4, -0.2) is 12.6 Å². The van der Waals surface area contributed by atoms with Gasteiger partial charge in [0.15, 0.2) is 0 Å². The maximum Gasteiger partial charge on any atom is 0.0321 e. The highest BCUT2D eigenvalue weighted by Crippen LogP contribution is 2.21. The van der Waals surface area contributed by atoms with Crippen LogP contribution < -0.4 is 11.1 Å². The van der Waals surface area contributed by atoms with E-state index in [0.717, 1.165) is 19.4 Å². The molecule has 0 bridgehead atoms. The molecule has 2 rings (SSSR count). The van der Waals surface area contributed by atoms with Crippen molar-refractivity contribution in [1.29, 1.82) is 0 Å². The van der Waals surface area contributed by atoms with Gasteiger partial charge in [0.2, 0.25) is 0 Å². The lowest BCUT2D eigenvalue weighted by Gasteiger charge is -2.27. The Kier molecular flexibility index (Phi) is 2.62. The van der Waals surface area contributed by atoms with E-state index in [4.69, 9.17) is 5.73 Å². The fraction of sp³-hybridized carbons (Fsp3) is 0.455. The summed E-state index contributed by atoms with van der Waals surface area (Å²) in [4.78, 5) is 0. The molecule has 70 valence electrons. The van der Waals surface area contributed by atoms with Gasteiger partial charge in [0.25, 0.3) is 0 Å². The highest BCUT2D eigenvalue weighted by molar-refractivity contribution is 5.19. The second kappa shape index (κ2) is 3.90. The largest absolute Gasteiger partial charge is 0.327 e. The Morgan fingerprint density at radius 1 is 1.15 bits per heavy atom. The van der Waals surface area contributed by atoms with Crippen molar-refractivity contribution >= 4 is 0 Å². The zero-order valence-electron chi connectivity index (χ0n) is 7.74. The summed E-state index contributed by atoms with van der Waals surface area (Å²) in [6.07, 6.45) is 2.29. The third kappa shape index (κ3) is 2.08. The molecule has 1 aromatic carbocycles. The van der Waals surface area contributed by atoms with Crippen molar-refractivity contribution in [3.05, 3.63) is 35.9 Å². The molecule has 2 unspecified atom stereocenters. The van der Waals surface area contributed by atoms with Gasteiger partial charge in [0.05, 0.1) is 0 Å². The van der Waals surface area contributed by atoms with Gasteiger partial charge in [0.1, 0.15) is 0 Å². The van der Waals surface area contributed by atoms with Gasteiger partial charge in [-0.15, -0.1) is 0 Å². The molecule has 1 fully saturated rings. The Labute approximate surface area is 79.1 Å². The second-order valence-corrected chi connectivity index (χ2v) is 3.71. The van der Waals surface area contributed by atoms with Gasteiger partial charge in [-0.05, 0) is 18.4 Å². The highest BCUT2D eigenvalue weighted by atomic mass is 15.0. The monoisotopic (exact) mass is 176 g/mol. The average Bonchev–Trinajstić information content (AvgIpc) is 2.20. The first kappa shape index (κ1) is 8.73. The predicted octanol–water partition coefficient (Wildman–Crippen LogP) is 1.44. The Morgan fingerprint density at radius 2 is 1.92 bits per heavy atom. The number of nitrogens with one attached hydrogen (secondary N) is 1. The van der Waals surface area contributed by atoms with E-state index in [2.05, 4.69) is 35.6 Å². The number of benzene rings is 1. The summed E-state index contributed by atoms with van der Waals surface area (Å²) >= 11 is 0. The van der Waals surface area contributed by atoms with Crippen molar-refractivity contribution in [2.24, 2.45) is 5.73 Å². The molecule has 1 aliphatic heterocycles. The first-order valence-electron chi connectivity index (χ1n) is 4.90. The molecule has 0 aromatic heterocycles. The molecular weight excluding hydrogens is 160 g/mol. The van der Waals surface area contributed by atoms with E-state index in [1.54, 1.807) is 0 Å². The minimum Gasteiger partial charge on any atom is -0.327 e. The molecule has 0 radical (unpaired) electrons. The van der Waals surface area contributed by atoms with Crippen molar-refractivity contribution in [2.45, 2.75) is 24.9 Å². The molecule has 2 heteroatoms. The van der Waals surface area contributed by atoms with Crippen LogP contribution in [0.2, 0.25) is 0 Å². The summed E-state index contributed by atoms with van der Waals surface area (Å²) in [5, 5.41) is 3.46. The third-order valence-corrected chi connectivity index (χ3v) is 2.65. The van der Waals surface area contributed by atoms with Crippen LogP contribution in [0.1, 0.15) is 24.4 Å². The van der Waals surface area contributed by atoms with Crippen LogP contribution in [0.15, 0.2) is 30.3 Å². The molecule has 1 aliphatic rings. The van der Waals surface area contributed by atoms with Crippen LogP contribution >= 0.6 is 0 Å². The van der Waals surface area contributed by atoms with E-state index in [1.165, 1.54) is 5.56 Å². The molecule has 1 aromatic rings. The maximum atomic E-state index is 5.81. The molecule has 1 saturated heterocycles. The van der Waals surface area contributed by atoms with Gasteiger partial charge >= 0.3 is 0 Å². The van der Waals surface area contributed by atoms with E-state index >= 15 is 0 Å². The topological polar surface area (TPSA) is 38.0 Å². The number of rotatable bonds is 1. The molecule has 2 atom stereocenters. The maximum absolute atomic E-state index is 5.81. The molecule has 1 heterocycles. The van der Waals surface area contributed by atoms with Gasteiger partial charge in [-0.25, -0.2) is 0 Å². The van der Waals surface area contributed by atoms with Crippen LogP contribution in [0.3, 0.4) is 0 Å². The normalized spacial score (nSPS) is 28.7. The van der Waals surface area contributed by atoms with E-state index < -0.39 is 0 Å². The summed E-state index contributed by atoms with van der Waals surface area (Å²) in [6.45, 7) is 0.944. The molecule has 2 nitrogen and oxygen atoms in total. The van der Waals surface area contributed by atoms with Crippen LogP contribution in [0.5, 0.6) is 0 Å². The van der Waals surface area contributed by atoms with Crippen molar-refractivity contribution in [3.63, 3.8) is 0 Å². The van der Waals surface area contributed by atoms with E-state index in [9.17, 15) is 0 Å². The Bertz CT molecular complexity index is 250. The van der Waals surface area contributed by atoms with Gasteiger partial charge in [-0.2, -0.15) is 0 Å². The van der Waals surface area contributed by atoms with Crippen LogP contribution in [0.4, 0.5) is 0 Å². The Hall–Kier alpha value is -0.860. The molecule has 3 N–H and O–H groups in total. The van der Waals surface area contributed by atoms with Gasteiger partial charge in [0, 0.05) is 18.6 Å². The van der Waals surface area contributed by atoms with E-state index in [1.807, 2.05) is 0 Å². The summed E-state index contributed by atoms with van der Waals surface area (Å²) < 4.78 is 0. The van der Waals surface area contributed by atoms with E-state index in [-0.39, 0.29) is 0 Å². The standard InChI is InChI=1S/C11H16N2/c12-10-6-7-11(13-8-10)9-4-2-1-3-5-9/h1-5,10-11,13H,6-8,12H2. The zero-order valence-corrected chi connectivity index (χ0v) is 7.74. The predicted molar refractivity (Wildman–Crippen MR) is 54.4 cm³/mol. The lowest BCUT2D eigenvalue weighted by Crippen LogP contribution is -2.41. The van der Waals surface area contributed by atoms with Gasteiger partial charge in [-0.3, -0.25) is 0 Å². The van der Waals surface area contributed by atoms with Crippen molar-refractivity contribution in [1.82, 2.24) is 5.32 Å². The molecule has 0 saturated carbocycles. The first-order valence-corrected chi connectivity index (χ1v) is 4.90. The van der Waals surface area contributed by atoms with Crippen LogP contribution in [0, 0.1) is 0 Å². The van der Waals surface area contributed by atoms with Crippen LogP contribution in [0.25, 0.3) is 0 Å². The summed E-state index contributed by atoms with van der Waals surface area (Å²) in [5.74, 6) is 0. The second-order valence-electron chi connectivity index (χ2n) is 3.71. The van der Waals surface area contributed by atoms with Crippen LogP contribution in [-0.2, 0) is 0 Å². The van der Waals surface area contributed by atoms with E-state index in [0.29, 0.717) is 12.1 Å². The fourth-order valence-corrected chi connectivity index (χ4v) is 1.85. The smallest absolute Gasteiger partial charge is 0.0321 e. The molecule has 13 heavy (non-hydrogen) atoms. The van der Waals surface area contributed by atoms with Crippen molar-refractivity contribution in [3.8, 4) is 0 Å². The van der Waals surface area contributed by atoms with Gasteiger partial charge in [-0.1, -0.05) is 30.3 Å². The van der Waals surface area contributed by atoms with Crippen molar-refractivity contribution < 1.29 is 0 Å². The lowest BCUT2D eigenvalue weighted by molar-refractivity contribution is 0.373. The highest BCUT2D eigenvalue weighted by Gasteiger charge is 2.18. The number of hydrogen-bond donors (Lipinski definition) is 2. The Balaban J connectivity index is 2.03. The zero-order chi connectivity index (χ0) is 9.10. The number of piperidine rings is 1. The molecule has 0 spiro atoms.